The summed E-state index contributed by atoms with van der Waals surface area (Å²) in [4.78, 5) is 22.3. The van der Waals surface area contributed by atoms with Gasteiger partial charge < -0.3 is 5.73 Å². The van der Waals surface area contributed by atoms with E-state index in [-0.39, 0.29) is 23.5 Å². The summed E-state index contributed by atoms with van der Waals surface area (Å²) in [6.45, 7) is -1.40. The van der Waals surface area contributed by atoms with Gasteiger partial charge in [-0.15, -0.1) is 0 Å². The molecule has 3 N–H and O–H groups in total. The van der Waals surface area contributed by atoms with Gasteiger partial charge in [0.15, 0.2) is 0 Å². The van der Waals surface area contributed by atoms with Crippen molar-refractivity contribution in [2.45, 2.75) is 19.1 Å². The Labute approximate surface area is 92.6 Å². The molecule has 1 aliphatic heterocycles. The highest BCUT2D eigenvalue weighted by molar-refractivity contribution is 6.11. The molecular formula is C8H7F3N4O2. The first-order valence-electron chi connectivity index (χ1n) is 4.54. The van der Waals surface area contributed by atoms with Gasteiger partial charge in [-0.2, -0.15) is 18.3 Å². The van der Waals surface area contributed by atoms with Gasteiger partial charge >= 0.3 is 6.18 Å². The van der Waals surface area contributed by atoms with Gasteiger partial charge in [0, 0.05) is 0 Å². The summed E-state index contributed by atoms with van der Waals surface area (Å²) >= 11 is 0. The van der Waals surface area contributed by atoms with Gasteiger partial charge in [-0.25, -0.2) is 4.68 Å². The van der Waals surface area contributed by atoms with Gasteiger partial charge in [-0.1, -0.05) is 0 Å². The number of halogens is 3. The molecule has 0 radical (unpaired) electrons. The molecule has 0 fully saturated rings. The molecule has 0 saturated heterocycles. The van der Waals surface area contributed by atoms with Crippen molar-refractivity contribution in [3.63, 3.8) is 0 Å². The minimum absolute atomic E-state index is 0.0273. The number of carbonyl (C=O) groups excluding carboxylic acids is 2. The van der Waals surface area contributed by atoms with E-state index in [0.717, 1.165) is 0 Å². The number of nitrogens with zero attached hydrogens (tertiary/aromatic N) is 2. The van der Waals surface area contributed by atoms with E-state index in [1.165, 1.54) is 0 Å². The number of aromatic nitrogens is 2. The Bertz CT molecular complexity index is 506. The van der Waals surface area contributed by atoms with Crippen LogP contribution in [0.3, 0.4) is 0 Å². The van der Waals surface area contributed by atoms with E-state index in [4.69, 9.17) is 5.73 Å². The van der Waals surface area contributed by atoms with Gasteiger partial charge in [-0.3, -0.25) is 14.9 Å². The maximum absolute atomic E-state index is 12.2. The molecule has 1 aromatic rings. The Balaban J connectivity index is 2.43. The van der Waals surface area contributed by atoms with Crippen LogP contribution in [0.4, 0.5) is 19.0 Å². The van der Waals surface area contributed by atoms with E-state index in [0.29, 0.717) is 4.68 Å². The number of alkyl halides is 3. The zero-order chi connectivity index (χ0) is 12.8. The number of imide groups is 1. The fourth-order valence-electron chi connectivity index (χ4n) is 1.57. The Morgan fingerprint density at radius 1 is 1.41 bits per heavy atom. The van der Waals surface area contributed by atoms with Crippen LogP contribution in [0.5, 0.6) is 0 Å². The third-order valence-electron chi connectivity index (χ3n) is 2.20. The average molecular weight is 248 g/mol. The molecule has 2 rings (SSSR count). The molecule has 0 saturated carbocycles. The number of hydrogen-bond acceptors (Lipinski definition) is 4. The molecule has 0 unspecified atom stereocenters. The summed E-state index contributed by atoms with van der Waals surface area (Å²) < 4.78 is 37.0. The van der Waals surface area contributed by atoms with Gasteiger partial charge in [0.2, 0.25) is 5.91 Å². The van der Waals surface area contributed by atoms with E-state index in [1.807, 2.05) is 5.32 Å². The summed E-state index contributed by atoms with van der Waals surface area (Å²) in [6.07, 6.45) is -4.75. The van der Waals surface area contributed by atoms with Crippen molar-refractivity contribution in [1.29, 1.82) is 0 Å². The summed E-state index contributed by atoms with van der Waals surface area (Å²) in [5.41, 5.74) is 5.21. The van der Waals surface area contributed by atoms with Crippen LogP contribution in [0.15, 0.2) is 0 Å². The number of hydrogen-bond donors (Lipinski definition) is 2. The lowest BCUT2D eigenvalue weighted by Gasteiger charge is -2.09. The van der Waals surface area contributed by atoms with Crippen LogP contribution in [-0.4, -0.2) is 27.8 Å². The SMILES string of the molecule is Nc1c2c(nn1CC(F)(F)F)CC(=O)NC2=O. The van der Waals surface area contributed by atoms with Crippen LogP contribution in [0.25, 0.3) is 0 Å². The zero-order valence-electron chi connectivity index (χ0n) is 8.34. The molecule has 92 valence electrons. The van der Waals surface area contributed by atoms with Crippen LogP contribution in [0.1, 0.15) is 16.1 Å². The normalized spacial score (nSPS) is 15.7. The largest absolute Gasteiger partial charge is 0.408 e. The summed E-state index contributed by atoms with van der Waals surface area (Å²) in [5.74, 6) is -1.82. The molecule has 1 aliphatic rings. The number of fused-ring (bicyclic) bond motifs is 1. The maximum Gasteiger partial charge on any atom is 0.408 e. The van der Waals surface area contributed by atoms with E-state index in [2.05, 4.69) is 5.10 Å². The van der Waals surface area contributed by atoms with Crippen LogP contribution < -0.4 is 11.1 Å². The Kier molecular flexibility index (Phi) is 2.33. The first-order valence-corrected chi connectivity index (χ1v) is 4.54. The predicted octanol–water partition coefficient (Wildman–Crippen LogP) is -0.160. The molecule has 0 bridgehead atoms. The second-order valence-electron chi connectivity index (χ2n) is 3.53. The van der Waals surface area contributed by atoms with Crippen molar-refractivity contribution >= 4 is 17.6 Å². The third-order valence-corrected chi connectivity index (χ3v) is 2.20. The van der Waals surface area contributed by atoms with Gasteiger partial charge in [0.1, 0.15) is 17.9 Å². The Morgan fingerprint density at radius 3 is 2.65 bits per heavy atom. The zero-order valence-corrected chi connectivity index (χ0v) is 8.34. The molecule has 2 heterocycles. The molecule has 9 heteroatoms. The van der Waals surface area contributed by atoms with Crippen LogP contribution >= 0.6 is 0 Å². The van der Waals surface area contributed by atoms with Crippen molar-refractivity contribution in [3.8, 4) is 0 Å². The lowest BCUT2D eigenvalue weighted by Crippen LogP contribution is -2.37. The number of anilines is 1. The fourth-order valence-corrected chi connectivity index (χ4v) is 1.57. The van der Waals surface area contributed by atoms with E-state index in [1.54, 1.807) is 0 Å². The highest BCUT2D eigenvalue weighted by Gasteiger charge is 2.34. The summed E-state index contributed by atoms with van der Waals surface area (Å²) in [6, 6.07) is 0. The van der Waals surface area contributed by atoms with E-state index >= 15 is 0 Å². The van der Waals surface area contributed by atoms with Crippen molar-refractivity contribution in [2.24, 2.45) is 0 Å². The Morgan fingerprint density at radius 2 is 2.06 bits per heavy atom. The lowest BCUT2D eigenvalue weighted by atomic mass is 10.1. The molecule has 1 aromatic heterocycles. The first-order chi connectivity index (χ1) is 7.78. The smallest absolute Gasteiger partial charge is 0.383 e. The van der Waals surface area contributed by atoms with Crippen molar-refractivity contribution in [1.82, 2.24) is 15.1 Å². The molecule has 17 heavy (non-hydrogen) atoms. The van der Waals surface area contributed by atoms with E-state index < -0.39 is 24.5 Å². The minimum Gasteiger partial charge on any atom is -0.383 e. The average Bonchev–Trinajstić information content (AvgIpc) is 2.39. The third kappa shape index (κ3) is 2.08. The molecule has 0 atom stereocenters. The van der Waals surface area contributed by atoms with Crippen molar-refractivity contribution < 1.29 is 22.8 Å². The summed E-state index contributed by atoms with van der Waals surface area (Å²) in [7, 11) is 0. The number of rotatable bonds is 1. The summed E-state index contributed by atoms with van der Waals surface area (Å²) in [5, 5.41) is 5.49. The molecule has 0 aromatic carbocycles. The number of carbonyl (C=O) groups is 2. The Hall–Kier alpha value is -2.06. The number of nitrogens with two attached hydrogens (primary N) is 1. The second kappa shape index (κ2) is 3.47. The van der Waals surface area contributed by atoms with Crippen LogP contribution in [0, 0.1) is 0 Å². The molecule has 2 amide bonds. The van der Waals surface area contributed by atoms with E-state index in [9.17, 15) is 22.8 Å². The lowest BCUT2D eigenvalue weighted by molar-refractivity contribution is -0.142. The van der Waals surface area contributed by atoms with Crippen LogP contribution in [-0.2, 0) is 17.8 Å². The predicted molar refractivity (Wildman–Crippen MR) is 48.9 cm³/mol. The number of nitrogen functional groups attached to an aromatic ring is 1. The number of nitrogens with one attached hydrogen (secondary N) is 1. The number of amides is 2. The standard InChI is InChI=1S/C8H7F3N4O2/c9-8(10,11)2-15-6(12)5-3(14-15)1-4(16)13-7(5)17/h1-2,12H2,(H,13,16,17). The van der Waals surface area contributed by atoms with Crippen molar-refractivity contribution in [3.05, 3.63) is 11.3 Å². The molecular weight excluding hydrogens is 241 g/mol. The topological polar surface area (TPSA) is 90.0 Å². The van der Waals surface area contributed by atoms with Gasteiger partial charge in [-0.05, 0) is 0 Å². The van der Waals surface area contributed by atoms with Gasteiger partial charge in [0.25, 0.3) is 5.91 Å². The van der Waals surface area contributed by atoms with Crippen molar-refractivity contribution in [2.75, 3.05) is 5.73 Å². The quantitative estimate of drug-likeness (QED) is 0.676. The monoisotopic (exact) mass is 248 g/mol. The highest BCUT2D eigenvalue weighted by Crippen LogP contribution is 2.24. The minimum atomic E-state index is -4.50. The first kappa shape index (κ1) is 11.4. The highest BCUT2D eigenvalue weighted by atomic mass is 19.4. The maximum atomic E-state index is 12.2. The van der Waals surface area contributed by atoms with Gasteiger partial charge in [0.05, 0.1) is 12.1 Å². The second-order valence-corrected chi connectivity index (χ2v) is 3.53. The molecule has 0 aliphatic carbocycles. The van der Waals surface area contributed by atoms with Crippen LogP contribution in [0.2, 0.25) is 0 Å². The molecule has 6 nitrogen and oxygen atoms in total. The fraction of sp³-hybridized carbons (Fsp3) is 0.375. The molecule has 0 spiro atoms.